The topological polar surface area (TPSA) is 93.4 Å². The number of carbonyl (C=O) groups excluding carboxylic acids is 2. The van der Waals surface area contributed by atoms with Crippen LogP contribution in [0.2, 0.25) is 5.02 Å². The summed E-state index contributed by atoms with van der Waals surface area (Å²) in [7, 11) is 1.29. The normalized spacial score (nSPS) is 14.9. The fraction of sp³-hybridized carbons (Fsp3) is 0.316. The van der Waals surface area contributed by atoms with E-state index in [1.165, 1.54) is 13.3 Å². The van der Waals surface area contributed by atoms with Gasteiger partial charge < -0.3 is 13.9 Å². The Morgan fingerprint density at radius 1 is 1.29 bits per heavy atom. The van der Waals surface area contributed by atoms with E-state index >= 15 is 0 Å². The minimum Gasteiger partial charge on any atom is -0.465 e. The third-order valence-corrected chi connectivity index (χ3v) is 4.46. The van der Waals surface area contributed by atoms with Crippen molar-refractivity contribution in [1.29, 1.82) is 0 Å². The van der Waals surface area contributed by atoms with Crippen molar-refractivity contribution in [2.24, 2.45) is 5.10 Å². The molecule has 0 atom stereocenters. The van der Waals surface area contributed by atoms with Crippen molar-refractivity contribution < 1.29 is 23.5 Å². The van der Waals surface area contributed by atoms with E-state index in [4.69, 9.17) is 25.5 Å². The number of furan rings is 1. The molecular weight excluding hydrogens is 386 g/mol. The van der Waals surface area contributed by atoms with Crippen LogP contribution in [0.5, 0.6) is 0 Å². The summed E-state index contributed by atoms with van der Waals surface area (Å²) < 4.78 is 15.6. The van der Waals surface area contributed by atoms with Crippen LogP contribution in [0, 0.1) is 0 Å². The average molecular weight is 406 g/mol. The van der Waals surface area contributed by atoms with Crippen molar-refractivity contribution in [2.45, 2.75) is 0 Å². The number of carbonyl (C=O) groups is 2. The molecule has 9 heteroatoms. The lowest BCUT2D eigenvalue weighted by Gasteiger charge is -2.25. The second-order valence-corrected chi connectivity index (χ2v) is 6.48. The molecule has 0 saturated carbocycles. The van der Waals surface area contributed by atoms with Gasteiger partial charge in [0.2, 0.25) is 0 Å². The number of amides is 1. The van der Waals surface area contributed by atoms with Gasteiger partial charge >= 0.3 is 5.97 Å². The number of ether oxygens (including phenoxy) is 2. The molecule has 0 radical (unpaired) electrons. The van der Waals surface area contributed by atoms with Crippen LogP contribution in [0.4, 0.5) is 0 Å². The summed E-state index contributed by atoms with van der Waals surface area (Å²) in [5.41, 5.74) is 3.40. The zero-order valence-electron chi connectivity index (χ0n) is 15.3. The zero-order valence-corrected chi connectivity index (χ0v) is 16.1. The van der Waals surface area contributed by atoms with Crippen molar-refractivity contribution in [1.82, 2.24) is 10.3 Å². The Kier molecular flexibility index (Phi) is 6.80. The van der Waals surface area contributed by atoms with Gasteiger partial charge in [-0.05, 0) is 30.3 Å². The monoisotopic (exact) mass is 405 g/mol. The minimum absolute atomic E-state index is 0.203. The number of hydrogen-bond donors (Lipinski definition) is 1. The van der Waals surface area contributed by atoms with Crippen LogP contribution in [-0.4, -0.2) is 62.9 Å². The minimum atomic E-state index is -0.525. The number of esters is 1. The summed E-state index contributed by atoms with van der Waals surface area (Å²) in [5, 5.41) is 4.21. The number of hydrogen-bond acceptors (Lipinski definition) is 7. The number of nitrogens with zero attached hydrogens (tertiary/aromatic N) is 2. The molecule has 0 aliphatic carbocycles. The number of morpholine rings is 1. The summed E-state index contributed by atoms with van der Waals surface area (Å²) >= 11 is 6.03. The Hall–Kier alpha value is -2.68. The first kappa shape index (κ1) is 20.1. The number of halogens is 1. The van der Waals surface area contributed by atoms with E-state index in [1.54, 1.807) is 30.3 Å². The summed E-state index contributed by atoms with van der Waals surface area (Å²) in [6.45, 7) is 2.99. The summed E-state index contributed by atoms with van der Waals surface area (Å²) in [6.07, 6.45) is 1.41. The van der Waals surface area contributed by atoms with Gasteiger partial charge in [-0.2, -0.15) is 5.10 Å². The second-order valence-electron chi connectivity index (χ2n) is 6.07. The molecule has 1 aliphatic heterocycles. The SMILES string of the molecule is COC(=O)c1cc(-c2ccc(/C=N\NC(=O)CN3CCOCC3)o2)ccc1Cl. The van der Waals surface area contributed by atoms with Gasteiger partial charge in [0.1, 0.15) is 11.5 Å². The Labute approximate surface area is 167 Å². The van der Waals surface area contributed by atoms with Crippen molar-refractivity contribution >= 4 is 29.7 Å². The van der Waals surface area contributed by atoms with Crippen LogP contribution >= 0.6 is 11.6 Å². The van der Waals surface area contributed by atoms with Crippen molar-refractivity contribution in [3.05, 3.63) is 46.7 Å². The Bertz CT molecular complexity index is 874. The van der Waals surface area contributed by atoms with Crippen molar-refractivity contribution in [3.8, 4) is 11.3 Å². The van der Waals surface area contributed by atoms with Gasteiger partial charge in [-0.15, -0.1) is 0 Å². The van der Waals surface area contributed by atoms with Gasteiger partial charge in [-0.25, -0.2) is 10.2 Å². The van der Waals surface area contributed by atoms with Crippen molar-refractivity contribution in [2.75, 3.05) is 40.0 Å². The molecule has 2 heterocycles. The molecular formula is C19H20ClN3O5. The van der Waals surface area contributed by atoms with Gasteiger partial charge in [-0.3, -0.25) is 9.69 Å². The first-order valence-corrected chi connectivity index (χ1v) is 9.04. The van der Waals surface area contributed by atoms with Crippen LogP contribution < -0.4 is 5.43 Å². The maximum absolute atomic E-state index is 11.9. The Morgan fingerprint density at radius 3 is 2.82 bits per heavy atom. The number of methoxy groups -OCH3 is 1. The first-order chi connectivity index (χ1) is 13.6. The molecule has 1 N–H and O–H groups in total. The molecule has 8 nitrogen and oxygen atoms in total. The highest BCUT2D eigenvalue weighted by Crippen LogP contribution is 2.27. The zero-order chi connectivity index (χ0) is 19.9. The number of rotatable bonds is 6. The van der Waals surface area contributed by atoms with Crippen LogP contribution in [0.15, 0.2) is 39.9 Å². The predicted molar refractivity (Wildman–Crippen MR) is 103 cm³/mol. The van der Waals surface area contributed by atoms with E-state index in [9.17, 15) is 9.59 Å². The Balaban J connectivity index is 1.60. The molecule has 0 spiro atoms. The Morgan fingerprint density at radius 2 is 2.07 bits per heavy atom. The number of benzene rings is 1. The molecule has 28 heavy (non-hydrogen) atoms. The molecule has 2 aromatic rings. The molecule has 0 bridgehead atoms. The van der Waals surface area contributed by atoms with E-state index in [0.717, 1.165) is 13.1 Å². The molecule has 1 saturated heterocycles. The molecule has 3 rings (SSSR count). The first-order valence-electron chi connectivity index (χ1n) is 8.67. The maximum Gasteiger partial charge on any atom is 0.339 e. The third-order valence-electron chi connectivity index (χ3n) is 4.13. The van der Waals surface area contributed by atoms with Crippen LogP contribution in [0.1, 0.15) is 16.1 Å². The highest BCUT2D eigenvalue weighted by molar-refractivity contribution is 6.33. The smallest absolute Gasteiger partial charge is 0.339 e. The van der Waals surface area contributed by atoms with Gasteiger partial charge in [-0.1, -0.05) is 11.6 Å². The highest BCUT2D eigenvalue weighted by atomic mass is 35.5. The highest BCUT2D eigenvalue weighted by Gasteiger charge is 2.15. The largest absolute Gasteiger partial charge is 0.465 e. The molecule has 1 aromatic carbocycles. The number of nitrogens with one attached hydrogen (secondary N) is 1. The fourth-order valence-corrected chi connectivity index (χ4v) is 2.88. The number of hydrazone groups is 1. The molecule has 1 aromatic heterocycles. The predicted octanol–water partition coefficient (Wildman–Crippen LogP) is 2.17. The quantitative estimate of drug-likeness (QED) is 0.449. The van der Waals surface area contributed by atoms with Crippen LogP contribution in [-0.2, 0) is 14.3 Å². The lowest BCUT2D eigenvalue weighted by molar-refractivity contribution is -0.123. The third kappa shape index (κ3) is 5.19. The fourth-order valence-electron chi connectivity index (χ4n) is 2.69. The summed E-state index contributed by atoms with van der Waals surface area (Å²) in [6, 6.07) is 8.38. The molecule has 1 aliphatic rings. The standard InChI is InChI=1S/C19H20ClN3O5/c1-26-19(25)15-10-13(2-4-16(15)20)17-5-3-14(28-17)11-21-22-18(24)12-23-6-8-27-9-7-23/h2-5,10-11H,6-9,12H2,1H3,(H,22,24)/b21-11-. The molecule has 1 fully saturated rings. The van der Waals surface area contributed by atoms with E-state index in [2.05, 4.69) is 10.5 Å². The second kappa shape index (κ2) is 9.50. The van der Waals surface area contributed by atoms with Crippen LogP contribution in [0.3, 0.4) is 0 Å². The van der Waals surface area contributed by atoms with Gasteiger partial charge in [0.05, 0.1) is 43.7 Å². The average Bonchev–Trinajstić information content (AvgIpc) is 3.17. The van der Waals surface area contributed by atoms with Crippen LogP contribution in [0.25, 0.3) is 11.3 Å². The van der Waals surface area contributed by atoms with Gasteiger partial charge in [0, 0.05) is 18.7 Å². The van der Waals surface area contributed by atoms with Crippen molar-refractivity contribution in [3.63, 3.8) is 0 Å². The lowest BCUT2D eigenvalue weighted by Crippen LogP contribution is -2.42. The molecule has 1 amide bonds. The van der Waals surface area contributed by atoms with E-state index in [-0.39, 0.29) is 18.0 Å². The summed E-state index contributed by atoms with van der Waals surface area (Å²) in [4.78, 5) is 25.7. The van der Waals surface area contributed by atoms with E-state index in [1.807, 2.05) is 4.90 Å². The molecule has 0 unspecified atom stereocenters. The molecule has 148 valence electrons. The maximum atomic E-state index is 11.9. The van der Waals surface area contributed by atoms with Gasteiger partial charge in [0.25, 0.3) is 5.91 Å². The van der Waals surface area contributed by atoms with E-state index in [0.29, 0.717) is 35.3 Å². The van der Waals surface area contributed by atoms with Gasteiger partial charge in [0.15, 0.2) is 0 Å². The van der Waals surface area contributed by atoms with E-state index < -0.39 is 5.97 Å². The lowest BCUT2D eigenvalue weighted by atomic mass is 10.1. The summed E-state index contributed by atoms with van der Waals surface area (Å²) in [5.74, 6) is 0.257.